The van der Waals surface area contributed by atoms with Crippen molar-refractivity contribution in [2.45, 2.75) is 50.3 Å². The summed E-state index contributed by atoms with van der Waals surface area (Å²) in [7, 11) is 1.66. The lowest BCUT2D eigenvalue weighted by Crippen LogP contribution is -2.40. The summed E-state index contributed by atoms with van der Waals surface area (Å²) < 4.78 is 5.49. The van der Waals surface area contributed by atoms with Crippen LogP contribution in [0.4, 0.5) is 0 Å². The third-order valence-electron chi connectivity index (χ3n) is 5.06. The number of halogens is 1. The van der Waals surface area contributed by atoms with Gasteiger partial charge in [0.1, 0.15) is 0 Å². The Morgan fingerprint density at radius 3 is 2.57 bits per heavy atom. The molecule has 4 nitrogen and oxygen atoms in total. The van der Waals surface area contributed by atoms with Crippen molar-refractivity contribution < 1.29 is 9.53 Å². The summed E-state index contributed by atoms with van der Waals surface area (Å²) in [6.45, 7) is 0.495. The Kier molecular flexibility index (Phi) is 5.57. The highest BCUT2D eigenvalue weighted by molar-refractivity contribution is 6.30. The number of fused-ring (bicyclic) bond motifs is 2. The fraction of sp³-hybridized carbons (Fsp3) is 0.611. The largest absolute Gasteiger partial charge is 0.375 e. The average molecular weight is 337 g/mol. The number of amides is 1. The van der Waals surface area contributed by atoms with Crippen molar-refractivity contribution in [1.29, 1.82) is 0 Å². The highest BCUT2D eigenvalue weighted by atomic mass is 35.5. The molecule has 3 unspecified atom stereocenters. The van der Waals surface area contributed by atoms with Gasteiger partial charge in [-0.05, 0) is 49.3 Å². The molecule has 3 rings (SSSR count). The minimum Gasteiger partial charge on any atom is -0.375 e. The molecule has 0 radical (unpaired) electrons. The second-order valence-corrected chi connectivity index (χ2v) is 7.20. The van der Waals surface area contributed by atoms with Crippen LogP contribution in [0.15, 0.2) is 24.3 Å². The SMILES string of the molecule is COC(CNC(=O)CC1CC2CCC(C1)N2)c1ccc(Cl)cc1. The Morgan fingerprint density at radius 1 is 1.30 bits per heavy atom. The Morgan fingerprint density at radius 2 is 1.96 bits per heavy atom. The van der Waals surface area contributed by atoms with Gasteiger partial charge in [-0.15, -0.1) is 0 Å². The van der Waals surface area contributed by atoms with Crippen molar-refractivity contribution in [3.05, 3.63) is 34.9 Å². The molecule has 23 heavy (non-hydrogen) atoms. The van der Waals surface area contributed by atoms with Crippen LogP contribution < -0.4 is 10.6 Å². The van der Waals surface area contributed by atoms with Crippen LogP contribution in [0.25, 0.3) is 0 Å². The molecule has 2 heterocycles. The Bertz CT molecular complexity index is 522. The zero-order chi connectivity index (χ0) is 16.2. The number of hydrogen-bond donors (Lipinski definition) is 2. The predicted molar refractivity (Wildman–Crippen MR) is 91.5 cm³/mol. The first-order valence-electron chi connectivity index (χ1n) is 8.45. The summed E-state index contributed by atoms with van der Waals surface area (Å²) in [4.78, 5) is 12.2. The normalized spacial score (nSPS) is 27.7. The Balaban J connectivity index is 1.46. The molecule has 5 heteroatoms. The summed E-state index contributed by atoms with van der Waals surface area (Å²) in [5, 5.41) is 7.35. The van der Waals surface area contributed by atoms with E-state index in [4.69, 9.17) is 16.3 Å². The van der Waals surface area contributed by atoms with E-state index in [0.29, 0.717) is 36.0 Å². The van der Waals surface area contributed by atoms with Crippen LogP contribution in [0, 0.1) is 5.92 Å². The van der Waals surface area contributed by atoms with Crippen molar-refractivity contribution in [1.82, 2.24) is 10.6 Å². The van der Waals surface area contributed by atoms with Gasteiger partial charge in [0.2, 0.25) is 5.91 Å². The summed E-state index contributed by atoms with van der Waals surface area (Å²) in [6.07, 6.45) is 5.30. The lowest BCUT2D eigenvalue weighted by Gasteiger charge is -2.28. The van der Waals surface area contributed by atoms with Gasteiger partial charge in [0, 0.05) is 37.2 Å². The standard InChI is InChI=1S/C18H25ClN2O2/c1-23-17(13-2-4-14(19)5-3-13)11-20-18(22)10-12-8-15-6-7-16(9-12)21-15/h2-5,12,15-17,21H,6-11H2,1H3,(H,20,22). The van der Waals surface area contributed by atoms with E-state index in [1.54, 1.807) is 7.11 Å². The molecular formula is C18H25ClN2O2. The molecule has 0 aliphatic carbocycles. The quantitative estimate of drug-likeness (QED) is 0.839. The molecule has 0 spiro atoms. The molecular weight excluding hydrogens is 312 g/mol. The van der Waals surface area contributed by atoms with Crippen LogP contribution in [0.3, 0.4) is 0 Å². The van der Waals surface area contributed by atoms with Gasteiger partial charge in [0.05, 0.1) is 6.10 Å². The maximum atomic E-state index is 12.2. The molecule has 2 bridgehead atoms. The van der Waals surface area contributed by atoms with E-state index in [1.807, 2.05) is 24.3 Å². The molecule has 126 valence electrons. The van der Waals surface area contributed by atoms with Crippen molar-refractivity contribution in [3.63, 3.8) is 0 Å². The highest BCUT2D eigenvalue weighted by Crippen LogP contribution is 2.32. The number of hydrogen-bond acceptors (Lipinski definition) is 3. The van der Waals surface area contributed by atoms with Gasteiger partial charge in [-0.1, -0.05) is 23.7 Å². The maximum Gasteiger partial charge on any atom is 0.220 e. The Hall–Kier alpha value is -1.10. The summed E-state index contributed by atoms with van der Waals surface area (Å²) in [6, 6.07) is 8.82. The van der Waals surface area contributed by atoms with Crippen LogP contribution in [0.2, 0.25) is 5.02 Å². The van der Waals surface area contributed by atoms with Gasteiger partial charge < -0.3 is 15.4 Å². The summed E-state index contributed by atoms with van der Waals surface area (Å²) >= 11 is 5.91. The zero-order valence-corrected chi connectivity index (χ0v) is 14.3. The molecule has 2 N–H and O–H groups in total. The van der Waals surface area contributed by atoms with Crippen LogP contribution in [0.5, 0.6) is 0 Å². The second kappa shape index (κ2) is 7.65. The van der Waals surface area contributed by atoms with Gasteiger partial charge >= 0.3 is 0 Å². The van der Waals surface area contributed by atoms with E-state index < -0.39 is 0 Å². The predicted octanol–water partition coefficient (Wildman–Crippen LogP) is 3.06. The number of ether oxygens (including phenoxy) is 1. The maximum absolute atomic E-state index is 12.2. The van der Waals surface area contributed by atoms with Gasteiger partial charge in [-0.3, -0.25) is 4.79 Å². The number of rotatable bonds is 6. The van der Waals surface area contributed by atoms with E-state index in [2.05, 4.69) is 10.6 Å². The van der Waals surface area contributed by atoms with E-state index >= 15 is 0 Å². The zero-order valence-electron chi connectivity index (χ0n) is 13.6. The topological polar surface area (TPSA) is 50.4 Å². The molecule has 2 aliphatic heterocycles. The summed E-state index contributed by atoms with van der Waals surface area (Å²) in [5.41, 5.74) is 1.03. The Labute approximate surface area is 142 Å². The molecule has 2 fully saturated rings. The first kappa shape index (κ1) is 16.7. The molecule has 1 aromatic carbocycles. The number of benzene rings is 1. The molecule has 1 amide bonds. The van der Waals surface area contributed by atoms with E-state index in [-0.39, 0.29) is 12.0 Å². The first-order valence-corrected chi connectivity index (χ1v) is 8.83. The number of piperidine rings is 1. The third kappa shape index (κ3) is 4.46. The van der Waals surface area contributed by atoms with Gasteiger partial charge in [0.15, 0.2) is 0 Å². The number of carbonyl (C=O) groups excluding carboxylic acids is 1. The fourth-order valence-corrected chi connectivity index (χ4v) is 4.02. The smallest absolute Gasteiger partial charge is 0.220 e. The first-order chi connectivity index (χ1) is 11.1. The van der Waals surface area contributed by atoms with Crippen molar-refractivity contribution >= 4 is 17.5 Å². The molecule has 2 saturated heterocycles. The van der Waals surface area contributed by atoms with Crippen LogP contribution >= 0.6 is 11.6 Å². The highest BCUT2D eigenvalue weighted by Gasteiger charge is 2.34. The number of nitrogens with one attached hydrogen (secondary N) is 2. The lowest BCUT2D eigenvalue weighted by atomic mass is 9.89. The minimum atomic E-state index is -0.139. The summed E-state index contributed by atoms with van der Waals surface area (Å²) in [5.74, 6) is 0.651. The van der Waals surface area contributed by atoms with Gasteiger partial charge in [-0.25, -0.2) is 0 Å². The monoisotopic (exact) mass is 336 g/mol. The van der Waals surface area contributed by atoms with E-state index in [9.17, 15) is 4.79 Å². The fourth-order valence-electron chi connectivity index (χ4n) is 3.90. The minimum absolute atomic E-state index is 0.132. The molecule has 1 aromatic rings. The second-order valence-electron chi connectivity index (χ2n) is 6.76. The van der Waals surface area contributed by atoms with Gasteiger partial charge in [-0.2, -0.15) is 0 Å². The van der Waals surface area contributed by atoms with Crippen LogP contribution in [0.1, 0.15) is 43.8 Å². The lowest BCUT2D eigenvalue weighted by molar-refractivity contribution is -0.122. The molecule has 2 aliphatic rings. The molecule has 0 aromatic heterocycles. The third-order valence-corrected chi connectivity index (χ3v) is 5.31. The van der Waals surface area contributed by atoms with Crippen LogP contribution in [-0.2, 0) is 9.53 Å². The van der Waals surface area contributed by atoms with Crippen LogP contribution in [-0.4, -0.2) is 31.6 Å². The van der Waals surface area contributed by atoms with E-state index in [1.165, 1.54) is 12.8 Å². The number of methoxy groups -OCH3 is 1. The average Bonchev–Trinajstić information content (AvgIpc) is 2.88. The van der Waals surface area contributed by atoms with Crippen molar-refractivity contribution in [2.75, 3.05) is 13.7 Å². The van der Waals surface area contributed by atoms with Crippen molar-refractivity contribution in [3.8, 4) is 0 Å². The number of carbonyl (C=O) groups is 1. The van der Waals surface area contributed by atoms with Gasteiger partial charge in [0.25, 0.3) is 0 Å². The molecule has 3 atom stereocenters. The molecule has 0 saturated carbocycles. The van der Waals surface area contributed by atoms with Crippen molar-refractivity contribution in [2.24, 2.45) is 5.92 Å². The van der Waals surface area contributed by atoms with E-state index in [0.717, 1.165) is 18.4 Å².